The van der Waals surface area contributed by atoms with Gasteiger partial charge in [0.2, 0.25) is 0 Å². The Morgan fingerprint density at radius 1 is 0.783 bits per heavy atom. The van der Waals surface area contributed by atoms with Gasteiger partial charge in [-0.15, -0.1) is 0 Å². The minimum absolute atomic E-state index is 0.871. The average molecular weight is 372 g/mol. The van der Waals surface area contributed by atoms with Gasteiger partial charge in [-0.2, -0.15) is 39.5 Å². The Balaban J connectivity index is 6.25. The van der Waals surface area contributed by atoms with E-state index in [0.717, 1.165) is 0 Å². The highest BCUT2D eigenvalue weighted by molar-refractivity contribution is 5.76. The standard InChI is InChI=1S/C9H7F11O3/c1-4(10,11)7(16,17)8(18,5(2,12)13)23-9(19,20)6(14,15)3(21)22/h1-2H3,(H,21,22). The molecule has 0 rings (SSSR count). The van der Waals surface area contributed by atoms with Gasteiger partial charge in [0, 0.05) is 13.8 Å². The maximum Gasteiger partial charge on any atom is 0.433 e. The molecule has 1 N–H and O–H groups in total. The Morgan fingerprint density at radius 2 is 1.13 bits per heavy atom. The van der Waals surface area contributed by atoms with E-state index in [1.54, 1.807) is 0 Å². The van der Waals surface area contributed by atoms with E-state index in [1.165, 1.54) is 0 Å². The second-order valence-corrected chi connectivity index (χ2v) is 4.44. The topological polar surface area (TPSA) is 46.5 Å². The van der Waals surface area contributed by atoms with E-state index in [2.05, 4.69) is 0 Å². The van der Waals surface area contributed by atoms with E-state index in [1.807, 2.05) is 4.74 Å². The average Bonchev–Trinajstić information content (AvgIpc) is 2.24. The fourth-order valence-electron chi connectivity index (χ4n) is 1.08. The lowest BCUT2D eigenvalue weighted by Crippen LogP contribution is -2.68. The summed E-state index contributed by atoms with van der Waals surface area (Å²) in [6.45, 7) is -1.80. The number of hydrogen-bond donors (Lipinski definition) is 1. The third-order valence-corrected chi connectivity index (χ3v) is 2.42. The molecule has 0 saturated heterocycles. The van der Waals surface area contributed by atoms with E-state index in [-0.39, 0.29) is 0 Å². The SMILES string of the molecule is CC(F)(F)C(F)(F)C(F)(OC(F)(F)C(F)(F)C(=O)O)C(C)(F)F. The smallest absolute Gasteiger partial charge is 0.433 e. The summed E-state index contributed by atoms with van der Waals surface area (Å²) >= 11 is 0. The van der Waals surface area contributed by atoms with E-state index in [4.69, 9.17) is 5.11 Å². The van der Waals surface area contributed by atoms with Crippen LogP contribution in [0.15, 0.2) is 0 Å². The maximum absolute atomic E-state index is 13.7. The largest absolute Gasteiger partial charge is 0.477 e. The van der Waals surface area contributed by atoms with E-state index >= 15 is 0 Å². The number of aliphatic carboxylic acids is 1. The molecule has 14 heteroatoms. The van der Waals surface area contributed by atoms with Crippen molar-refractivity contribution in [2.24, 2.45) is 0 Å². The zero-order valence-electron chi connectivity index (χ0n) is 10.9. The van der Waals surface area contributed by atoms with Crippen LogP contribution in [0.3, 0.4) is 0 Å². The summed E-state index contributed by atoms with van der Waals surface area (Å²) in [5.74, 6) is -35.3. The van der Waals surface area contributed by atoms with Gasteiger partial charge < -0.3 is 5.11 Å². The van der Waals surface area contributed by atoms with Crippen LogP contribution in [0.5, 0.6) is 0 Å². The first kappa shape index (κ1) is 21.7. The van der Waals surface area contributed by atoms with Gasteiger partial charge in [0.25, 0.3) is 0 Å². The number of hydrogen-bond acceptors (Lipinski definition) is 2. The second kappa shape index (κ2) is 5.34. The molecule has 0 aromatic rings. The van der Waals surface area contributed by atoms with Crippen LogP contribution in [-0.2, 0) is 9.53 Å². The molecule has 0 aliphatic heterocycles. The van der Waals surface area contributed by atoms with Crippen molar-refractivity contribution in [2.75, 3.05) is 0 Å². The first-order valence-corrected chi connectivity index (χ1v) is 5.16. The zero-order chi connectivity index (χ0) is 19.3. The second-order valence-electron chi connectivity index (χ2n) is 4.44. The Hall–Kier alpha value is -1.34. The number of carbonyl (C=O) groups is 1. The normalized spacial score (nSPS) is 17.8. The molecule has 0 aromatic heterocycles. The van der Waals surface area contributed by atoms with Gasteiger partial charge in [-0.1, -0.05) is 0 Å². The Labute approximate surface area is 120 Å². The van der Waals surface area contributed by atoms with Crippen LogP contribution >= 0.6 is 0 Å². The van der Waals surface area contributed by atoms with E-state index < -0.39 is 55.5 Å². The Kier molecular flexibility index (Phi) is 5.03. The van der Waals surface area contributed by atoms with Crippen molar-refractivity contribution in [3.05, 3.63) is 0 Å². The maximum atomic E-state index is 13.7. The predicted molar refractivity (Wildman–Crippen MR) is 48.6 cm³/mol. The number of halogens is 11. The molecule has 0 spiro atoms. The van der Waals surface area contributed by atoms with Crippen LogP contribution < -0.4 is 0 Å². The van der Waals surface area contributed by atoms with Crippen molar-refractivity contribution >= 4 is 5.97 Å². The molecule has 0 bridgehead atoms. The van der Waals surface area contributed by atoms with Gasteiger partial charge in [-0.3, -0.25) is 4.74 Å². The molecule has 0 fully saturated rings. The van der Waals surface area contributed by atoms with Gasteiger partial charge in [0.1, 0.15) is 0 Å². The minimum atomic E-state index is -6.82. The number of ether oxygens (including phenoxy) is 1. The molecule has 1 atom stereocenters. The third kappa shape index (κ3) is 3.30. The summed E-state index contributed by atoms with van der Waals surface area (Å²) in [6, 6.07) is 0. The van der Waals surface area contributed by atoms with Gasteiger partial charge in [0.15, 0.2) is 0 Å². The molecule has 0 radical (unpaired) electrons. The number of rotatable bonds is 7. The highest BCUT2D eigenvalue weighted by Gasteiger charge is 2.82. The molecule has 0 amide bonds. The highest BCUT2D eigenvalue weighted by atomic mass is 19.3. The molecule has 0 saturated carbocycles. The molecule has 23 heavy (non-hydrogen) atoms. The summed E-state index contributed by atoms with van der Waals surface area (Å²) in [5.41, 5.74) is 0. The van der Waals surface area contributed by atoms with Gasteiger partial charge in [0.05, 0.1) is 0 Å². The summed E-state index contributed by atoms with van der Waals surface area (Å²) in [7, 11) is 0. The molecule has 3 nitrogen and oxygen atoms in total. The van der Waals surface area contributed by atoms with Crippen LogP contribution in [0.1, 0.15) is 13.8 Å². The molecule has 1 unspecified atom stereocenters. The number of alkyl halides is 11. The molecule has 0 aliphatic carbocycles. The highest BCUT2D eigenvalue weighted by Crippen LogP contribution is 2.55. The monoisotopic (exact) mass is 372 g/mol. The minimum Gasteiger partial charge on any atom is -0.477 e. The molecule has 0 heterocycles. The first-order chi connectivity index (χ1) is 9.65. The number of carboxylic acid groups (broad SMARTS) is 1. The van der Waals surface area contributed by atoms with E-state index in [9.17, 15) is 53.1 Å². The third-order valence-electron chi connectivity index (χ3n) is 2.42. The van der Waals surface area contributed by atoms with Crippen molar-refractivity contribution < 1.29 is 62.9 Å². The summed E-state index contributed by atoms with van der Waals surface area (Å²) < 4.78 is 144. The number of carboxylic acids is 1. The summed E-state index contributed by atoms with van der Waals surface area (Å²) in [4.78, 5) is 9.89. The van der Waals surface area contributed by atoms with E-state index in [0.29, 0.717) is 0 Å². The van der Waals surface area contributed by atoms with Crippen molar-refractivity contribution in [2.45, 2.75) is 49.5 Å². The van der Waals surface area contributed by atoms with Crippen LogP contribution in [0.2, 0.25) is 0 Å². The van der Waals surface area contributed by atoms with Crippen molar-refractivity contribution in [1.29, 1.82) is 0 Å². The van der Waals surface area contributed by atoms with Crippen molar-refractivity contribution in [3.63, 3.8) is 0 Å². The Bertz CT molecular complexity index is 464. The molecule has 0 aliphatic rings. The van der Waals surface area contributed by atoms with Crippen LogP contribution in [0, 0.1) is 0 Å². The van der Waals surface area contributed by atoms with Gasteiger partial charge >= 0.3 is 41.6 Å². The molecular formula is C9H7F11O3. The van der Waals surface area contributed by atoms with Crippen molar-refractivity contribution in [3.8, 4) is 0 Å². The quantitative estimate of drug-likeness (QED) is 0.689. The van der Waals surface area contributed by atoms with Crippen LogP contribution in [0.25, 0.3) is 0 Å². The fourth-order valence-corrected chi connectivity index (χ4v) is 1.08. The molecular weight excluding hydrogens is 365 g/mol. The van der Waals surface area contributed by atoms with Gasteiger partial charge in [-0.25, -0.2) is 13.6 Å². The van der Waals surface area contributed by atoms with Crippen LogP contribution in [0.4, 0.5) is 48.3 Å². The first-order valence-electron chi connectivity index (χ1n) is 5.16. The Morgan fingerprint density at radius 3 is 1.35 bits per heavy atom. The predicted octanol–water partition coefficient (Wildman–Crippen LogP) is 3.93. The van der Waals surface area contributed by atoms with Crippen molar-refractivity contribution in [1.82, 2.24) is 0 Å². The summed E-state index contributed by atoms with van der Waals surface area (Å²) in [6.07, 6.45) is -6.82. The zero-order valence-corrected chi connectivity index (χ0v) is 10.9. The van der Waals surface area contributed by atoms with Crippen LogP contribution in [-0.4, -0.2) is 46.7 Å². The molecule has 138 valence electrons. The lowest BCUT2D eigenvalue weighted by molar-refractivity contribution is -0.478. The summed E-state index contributed by atoms with van der Waals surface area (Å²) in [5, 5.41) is 7.78. The van der Waals surface area contributed by atoms with Gasteiger partial charge in [-0.05, 0) is 0 Å². The molecule has 0 aromatic carbocycles. The fraction of sp³-hybridized carbons (Fsp3) is 0.889. The lowest BCUT2D eigenvalue weighted by Gasteiger charge is -2.41. The lowest BCUT2D eigenvalue weighted by atomic mass is 9.98.